The Bertz CT molecular complexity index is 686. The van der Waals surface area contributed by atoms with Crippen LogP contribution in [0.4, 0.5) is 0 Å². The Kier molecular flexibility index (Phi) is 5.91. The van der Waals surface area contributed by atoms with E-state index in [1.807, 2.05) is 24.3 Å². The van der Waals surface area contributed by atoms with Crippen molar-refractivity contribution in [1.29, 1.82) is 0 Å². The highest BCUT2D eigenvalue weighted by atomic mass is 35.5. The molecular formula is C21H28ClN3O. The molecule has 0 atom stereocenters. The quantitative estimate of drug-likeness (QED) is 0.682. The Labute approximate surface area is 160 Å². The summed E-state index contributed by atoms with van der Waals surface area (Å²) < 4.78 is 5.39. The zero-order chi connectivity index (χ0) is 17.8. The highest BCUT2D eigenvalue weighted by molar-refractivity contribution is 6.30. The van der Waals surface area contributed by atoms with Gasteiger partial charge in [-0.2, -0.15) is 4.98 Å². The second-order valence-corrected chi connectivity index (χ2v) is 8.27. The summed E-state index contributed by atoms with van der Waals surface area (Å²) in [6, 6.07) is 8.41. The molecule has 1 saturated heterocycles. The minimum Gasteiger partial charge on any atom is -0.334 e. The number of hydrogen-bond acceptors (Lipinski definition) is 4. The Morgan fingerprint density at radius 1 is 1.04 bits per heavy atom. The third-order valence-electron chi connectivity index (χ3n) is 6.06. The van der Waals surface area contributed by atoms with E-state index in [-0.39, 0.29) is 0 Å². The molecule has 2 aliphatic rings. The monoisotopic (exact) mass is 373 g/mol. The molecule has 0 bridgehead atoms. The molecule has 1 aliphatic heterocycles. The lowest BCUT2D eigenvalue weighted by molar-refractivity contribution is 0.130. The number of halogens is 1. The van der Waals surface area contributed by atoms with Gasteiger partial charge in [-0.25, -0.2) is 0 Å². The summed E-state index contributed by atoms with van der Waals surface area (Å²) in [6.45, 7) is 2.61. The molecule has 1 aromatic carbocycles. The van der Waals surface area contributed by atoms with E-state index in [2.05, 4.69) is 15.0 Å². The van der Waals surface area contributed by atoms with Gasteiger partial charge in [-0.05, 0) is 81.8 Å². The van der Waals surface area contributed by atoms with Crippen molar-refractivity contribution in [1.82, 2.24) is 15.0 Å². The molecule has 140 valence electrons. The smallest absolute Gasteiger partial charge is 0.257 e. The van der Waals surface area contributed by atoms with E-state index >= 15 is 0 Å². The fourth-order valence-corrected chi connectivity index (χ4v) is 4.62. The van der Waals surface area contributed by atoms with Gasteiger partial charge < -0.3 is 9.42 Å². The first-order chi connectivity index (χ1) is 12.8. The van der Waals surface area contributed by atoms with Crippen molar-refractivity contribution in [2.75, 3.05) is 13.1 Å². The molecule has 2 aromatic rings. The minimum absolute atomic E-state index is 0.585. The summed E-state index contributed by atoms with van der Waals surface area (Å²) >= 11 is 5.92. The number of piperidine rings is 1. The first kappa shape index (κ1) is 18.0. The molecule has 4 rings (SSSR count). The Morgan fingerprint density at radius 3 is 2.50 bits per heavy atom. The topological polar surface area (TPSA) is 42.2 Å². The van der Waals surface area contributed by atoms with Crippen molar-refractivity contribution in [3.8, 4) is 11.5 Å². The summed E-state index contributed by atoms with van der Waals surface area (Å²) in [6.07, 6.45) is 11.8. The van der Waals surface area contributed by atoms with E-state index in [9.17, 15) is 0 Å². The lowest BCUT2D eigenvalue weighted by Gasteiger charge is -2.36. The average molecular weight is 374 g/mol. The van der Waals surface area contributed by atoms with Crippen LogP contribution in [0, 0.1) is 5.92 Å². The van der Waals surface area contributed by atoms with Crippen LogP contribution in [0.5, 0.6) is 0 Å². The molecular weight excluding hydrogens is 346 g/mol. The van der Waals surface area contributed by atoms with Gasteiger partial charge in [-0.3, -0.25) is 0 Å². The molecule has 0 radical (unpaired) electrons. The third-order valence-corrected chi connectivity index (χ3v) is 6.31. The van der Waals surface area contributed by atoms with Gasteiger partial charge in [-0.1, -0.05) is 29.6 Å². The van der Waals surface area contributed by atoms with Crippen molar-refractivity contribution in [3.05, 3.63) is 35.1 Å². The van der Waals surface area contributed by atoms with Crippen LogP contribution in [0.3, 0.4) is 0 Å². The predicted octanol–water partition coefficient (Wildman–Crippen LogP) is 5.37. The molecule has 1 aromatic heterocycles. The maximum absolute atomic E-state index is 5.92. The molecule has 2 heterocycles. The van der Waals surface area contributed by atoms with Gasteiger partial charge in [0.25, 0.3) is 5.89 Å². The standard InChI is InChI=1S/C21H28ClN3O/c22-18-10-8-17(9-11-18)21-23-20(24-26-21)7-3-4-16-12-14-25(15-13-16)19-5-1-2-6-19/h8-11,16,19H,1-7,12-15H2. The molecule has 0 spiro atoms. The SMILES string of the molecule is Clc1ccc(-c2nc(CCCC3CCN(C4CCCC4)CC3)no2)cc1. The van der Waals surface area contributed by atoms with Crippen LogP contribution < -0.4 is 0 Å². The maximum Gasteiger partial charge on any atom is 0.257 e. The average Bonchev–Trinajstić information content (AvgIpc) is 3.35. The summed E-state index contributed by atoms with van der Waals surface area (Å²) in [4.78, 5) is 7.28. The third kappa shape index (κ3) is 4.47. The molecule has 26 heavy (non-hydrogen) atoms. The Morgan fingerprint density at radius 2 is 1.77 bits per heavy atom. The van der Waals surface area contributed by atoms with Gasteiger partial charge in [0.05, 0.1) is 0 Å². The van der Waals surface area contributed by atoms with Crippen LogP contribution in [-0.2, 0) is 6.42 Å². The molecule has 0 N–H and O–H groups in total. The minimum atomic E-state index is 0.585. The van der Waals surface area contributed by atoms with Gasteiger partial charge in [0, 0.05) is 23.0 Å². The largest absolute Gasteiger partial charge is 0.334 e. The number of nitrogens with zero attached hydrogens (tertiary/aromatic N) is 3. The highest BCUT2D eigenvalue weighted by Gasteiger charge is 2.26. The first-order valence-electron chi connectivity index (χ1n) is 10.1. The predicted molar refractivity (Wildman–Crippen MR) is 104 cm³/mol. The van der Waals surface area contributed by atoms with Crippen LogP contribution in [0.2, 0.25) is 5.02 Å². The normalized spacial score (nSPS) is 20.0. The summed E-state index contributed by atoms with van der Waals surface area (Å²) in [5.41, 5.74) is 0.924. The summed E-state index contributed by atoms with van der Waals surface area (Å²) in [7, 11) is 0. The second-order valence-electron chi connectivity index (χ2n) is 7.83. The van der Waals surface area contributed by atoms with Crippen LogP contribution >= 0.6 is 11.6 Å². The van der Waals surface area contributed by atoms with Crippen molar-refractivity contribution < 1.29 is 4.52 Å². The molecule has 1 saturated carbocycles. The van der Waals surface area contributed by atoms with E-state index in [1.54, 1.807) is 0 Å². The van der Waals surface area contributed by atoms with Crippen LogP contribution in [-0.4, -0.2) is 34.2 Å². The highest BCUT2D eigenvalue weighted by Crippen LogP contribution is 2.29. The van der Waals surface area contributed by atoms with E-state index in [0.29, 0.717) is 10.9 Å². The summed E-state index contributed by atoms with van der Waals surface area (Å²) in [5.74, 6) is 2.27. The van der Waals surface area contributed by atoms with Gasteiger partial charge >= 0.3 is 0 Å². The van der Waals surface area contributed by atoms with Crippen LogP contribution in [0.25, 0.3) is 11.5 Å². The fraction of sp³-hybridized carbons (Fsp3) is 0.619. The van der Waals surface area contributed by atoms with E-state index in [1.165, 1.54) is 58.0 Å². The fourth-order valence-electron chi connectivity index (χ4n) is 4.49. The van der Waals surface area contributed by atoms with E-state index < -0.39 is 0 Å². The van der Waals surface area contributed by atoms with Crippen molar-refractivity contribution in [2.45, 2.75) is 63.8 Å². The summed E-state index contributed by atoms with van der Waals surface area (Å²) in [5, 5.41) is 4.85. The number of aryl methyl sites for hydroxylation is 1. The van der Waals surface area contributed by atoms with Crippen LogP contribution in [0.15, 0.2) is 28.8 Å². The lowest BCUT2D eigenvalue weighted by atomic mass is 9.90. The lowest BCUT2D eigenvalue weighted by Crippen LogP contribution is -2.40. The zero-order valence-corrected chi connectivity index (χ0v) is 16.1. The van der Waals surface area contributed by atoms with E-state index in [4.69, 9.17) is 16.1 Å². The zero-order valence-electron chi connectivity index (χ0n) is 15.4. The molecule has 1 aliphatic carbocycles. The Balaban J connectivity index is 1.20. The van der Waals surface area contributed by atoms with Gasteiger partial charge in [-0.15, -0.1) is 0 Å². The maximum atomic E-state index is 5.92. The number of aromatic nitrogens is 2. The molecule has 2 fully saturated rings. The van der Waals surface area contributed by atoms with Gasteiger partial charge in [0.1, 0.15) is 0 Å². The molecule has 5 heteroatoms. The van der Waals surface area contributed by atoms with Crippen molar-refractivity contribution in [2.24, 2.45) is 5.92 Å². The second kappa shape index (κ2) is 8.53. The van der Waals surface area contributed by atoms with Crippen molar-refractivity contribution >= 4 is 11.6 Å². The van der Waals surface area contributed by atoms with Gasteiger partial charge in [0.15, 0.2) is 5.82 Å². The molecule has 4 nitrogen and oxygen atoms in total. The van der Waals surface area contributed by atoms with Crippen LogP contribution in [0.1, 0.15) is 57.2 Å². The number of hydrogen-bond donors (Lipinski definition) is 0. The first-order valence-corrected chi connectivity index (χ1v) is 10.5. The number of benzene rings is 1. The molecule has 0 amide bonds. The van der Waals surface area contributed by atoms with E-state index in [0.717, 1.165) is 36.2 Å². The van der Waals surface area contributed by atoms with Crippen molar-refractivity contribution in [3.63, 3.8) is 0 Å². The number of likely N-dealkylation sites (tertiary alicyclic amines) is 1. The van der Waals surface area contributed by atoms with Gasteiger partial charge in [0.2, 0.25) is 0 Å². The number of rotatable bonds is 6. The Hall–Kier alpha value is -1.39. The molecule has 0 unspecified atom stereocenters.